The molecule has 0 spiro atoms. The van der Waals surface area contributed by atoms with Gasteiger partial charge in [0.15, 0.2) is 6.10 Å². The predicted molar refractivity (Wildman–Crippen MR) is 114 cm³/mol. The zero-order chi connectivity index (χ0) is 21.3. The predicted octanol–water partition coefficient (Wildman–Crippen LogP) is 2.75. The monoisotopic (exact) mass is 428 g/mol. The number of aryl methyl sites for hydroxylation is 1. The van der Waals surface area contributed by atoms with Gasteiger partial charge in [-0.25, -0.2) is 13.2 Å². The van der Waals surface area contributed by atoms with Crippen molar-refractivity contribution in [1.82, 2.24) is 0 Å². The van der Waals surface area contributed by atoms with Crippen molar-refractivity contribution in [2.75, 3.05) is 28.0 Å². The molecule has 30 heavy (non-hydrogen) atoms. The molecule has 0 saturated carbocycles. The molecule has 1 atom stereocenters. The van der Waals surface area contributed by atoms with Gasteiger partial charge >= 0.3 is 5.97 Å². The fourth-order valence-corrected chi connectivity index (χ4v) is 5.52. The van der Waals surface area contributed by atoms with E-state index < -0.39 is 22.1 Å². The Morgan fingerprint density at radius 2 is 1.73 bits per heavy atom. The van der Waals surface area contributed by atoms with Crippen LogP contribution in [-0.2, 0) is 26.0 Å². The maximum Gasteiger partial charge on any atom is 0.338 e. The van der Waals surface area contributed by atoms with Crippen LogP contribution in [0.25, 0.3) is 0 Å². The van der Waals surface area contributed by atoms with Crippen molar-refractivity contribution < 1.29 is 22.7 Å². The summed E-state index contributed by atoms with van der Waals surface area (Å²) < 4.78 is 30.8. The van der Waals surface area contributed by atoms with E-state index in [4.69, 9.17) is 4.74 Å². The van der Waals surface area contributed by atoms with Gasteiger partial charge in [-0.3, -0.25) is 9.10 Å². The molecule has 1 fully saturated rings. The highest BCUT2D eigenvalue weighted by Crippen LogP contribution is 2.28. The van der Waals surface area contributed by atoms with Crippen molar-refractivity contribution in [1.29, 1.82) is 0 Å². The Balaban J connectivity index is 1.43. The van der Waals surface area contributed by atoms with E-state index in [1.54, 1.807) is 24.0 Å². The van der Waals surface area contributed by atoms with Crippen molar-refractivity contribution in [2.45, 2.75) is 32.3 Å². The molecule has 158 valence electrons. The van der Waals surface area contributed by atoms with Gasteiger partial charge in [-0.05, 0) is 62.1 Å². The maximum atomic E-state index is 12.9. The molecule has 2 heterocycles. The van der Waals surface area contributed by atoms with E-state index in [1.807, 2.05) is 24.3 Å². The van der Waals surface area contributed by atoms with Gasteiger partial charge in [-0.15, -0.1) is 0 Å². The topological polar surface area (TPSA) is 84.0 Å². The molecule has 2 aromatic rings. The number of hydrogen-bond donors (Lipinski definition) is 0. The van der Waals surface area contributed by atoms with E-state index in [0.29, 0.717) is 25.2 Å². The van der Waals surface area contributed by atoms with Crippen LogP contribution in [0.4, 0.5) is 11.4 Å². The molecule has 2 aliphatic heterocycles. The van der Waals surface area contributed by atoms with Gasteiger partial charge in [-0.2, -0.15) is 0 Å². The van der Waals surface area contributed by atoms with Gasteiger partial charge in [0, 0.05) is 18.8 Å². The Hall–Kier alpha value is -2.87. The SMILES string of the molecule is C[C@H](OC(=O)c1ccc(N2CCCS2(=O)=O)cc1)C(=O)N1CCCc2ccccc21. The number of rotatable bonds is 4. The summed E-state index contributed by atoms with van der Waals surface area (Å²) in [6.45, 7) is 2.61. The first-order valence-electron chi connectivity index (χ1n) is 10.1. The summed E-state index contributed by atoms with van der Waals surface area (Å²) in [5.74, 6) is -0.733. The van der Waals surface area contributed by atoms with Crippen molar-refractivity contribution in [2.24, 2.45) is 0 Å². The van der Waals surface area contributed by atoms with Crippen LogP contribution in [-0.4, -0.2) is 45.2 Å². The van der Waals surface area contributed by atoms with Gasteiger partial charge in [0.2, 0.25) is 10.0 Å². The van der Waals surface area contributed by atoms with E-state index in [-0.39, 0.29) is 17.2 Å². The number of para-hydroxylation sites is 1. The Morgan fingerprint density at radius 3 is 2.43 bits per heavy atom. The molecule has 0 bridgehead atoms. The maximum absolute atomic E-state index is 12.9. The Bertz CT molecular complexity index is 1070. The molecule has 0 aromatic heterocycles. The quantitative estimate of drug-likeness (QED) is 0.699. The van der Waals surface area contributed by atoms with Crippen LogP contribution in [0.15, 0.2) is 48.5 Å². The minimum absolute atomic E-state index is 0.135. The van der Waals surface area contributed by atoms with Crippen molar-refractivity contribution in [3.05, 3.63) is 59.7 Å². The lowest BCUT2D eigenvalue weighted by Gasteiger charge is -2.31. The Morgan fingerprint density at radius 1 is 1.00 bits per heavy atom. The first-order chi connectivity index (χ1) is 14.4. The largest absolute Gasteiger partial charge is 0.449 e. The summed E-state index contributed by atoms with van der Waals surface area (Å²) in [5, 5.41) is 0. The molecule has 2 aromatic carbocycles. The molecule has 7 nitrogen and oxygen atoms in total. The first-order valence-corrected chi connectivity index (χ1v) is 11.7. The third-order valence-corrected chi connectivity index (χ3v) is 7.37. The molecule has 1 amide bonds. The minimum Gasteiger partial charge on any atom is -0.449 e. The van der Waals surface area contributed by atoms with Gasteiger partial charge in [0.05, 0.1) is 17.0 Å². The van der Waals surface area contributed by atoms with Crippen LogP contribution in [0, 0.1) is 0 Å². The number of fused-ring (bicyclic) bond motifs is 1. The summed E-state index contributed by atoms with van der Waals surface area (Å²) in [7, 11) is -3.27. The Labute approximate surface area is 176 Å². The van der Waals surface area contributed by atoms with Crippen LogP contribution >= 0.6 is 0 Å². The number of benzene rings is 2. The average Bonchev–Trinajstić information content (AvgIpc) is 3.11. The molecule has 2 aliphatic rings. The summed E-state index contributed by atoms with van der Waals surface area (Å²) in [4.78, 5) is 27.1. The molecule has 0 N–H and O–H groups in total. The van der Waals surface area contributed by atoms with Gasteiger partial charge < -0.3 is 9.64 Å². The number of ether oxygens (including phenoxy) is 1. The number of amides is 1. The summed E-state index contributed by atoms with van der Waals surface area (Å²) in [6, 6.07) is 14.0. The highest BCUT2D eigenvalue weighted by atomic mass is 32.2. The zero-order valence-corrected chi connectivity index (χ0v) is 17.6. The number of carbonyl (C=O) groups excluding carboxylic acids is 2. The van der Waals surface area contributed by atoms with Gasteiger partial charge in [0.1, 0.15) is 0 Å². The molecular formula is C22H24N2O5S. The lowest BCUT2D eigenvalue weighted by Crippen LogP contribution is -2.42. The summed E-state index contributed by atoms with van der Waals surface area (Å²) in [6.07, 6.45) is 1.45. The first kappa shape index (κ1) is 20.4. The van der Waals surface area contributed by atoms with E-state index in [0.717, 1.165) is 24.1 Å². The lowest BCUT2D eigenvalue weighted by atomic mass is 10.0. The van der Waals surface area contributed by atoms with Crippen molar-refractivity contribution >= 4 is 33.3 Å². The molecule has 1 saturated heterocycles. The fourth-order valence-electron chi connectivity index (χ4n) is 3.95. The highest BCUT2D eigenvalue weighted by Gasteiger charge is 2.30. The molecule has 0 unspecified atom stereocenters. The summed E-state index contributed by atoms with van der Waals surface area (Å²) >= 11 is 0. The van der Waals surface area contributed by atoms with E-state index in [2.05, 4.69) is 0 Å². The minimum atomic E-state index is -3.27. The normalized spacial score (nSPS) is 18.6. The fraction of sp³-hybridized carbons (Fsp3) is 0.364. The number of nitrogens with zero attached hydrogens (tertiary/aromatic N) is 2. The standard InChI is InChI=1S/C22H24N2O5S/c1-16(21(25)23-13-4-7-17-6-2-3-8-20(17)23)29-22(26)18-9-11-19(12-10-18)24-14-5-15-30(24,27)28/h2-3,6,8-12,16H,4-5,7,13-15H2,1H3/t16-/m0/s1. The van der Waals surface area contributed by atoms with Gasteiger partial charge in [-0.1, -0.05) is 18.2 Å². The highest BCUT2D eigenvalue weighted by molar-refractivity contribution is 7.93. The Kier molecular flexibility index (Phi) is 5.51. The van der Waals surface area contributed by atoms with Crippen molar-refractivity contribution in [3.63, 3.8) is 0 Å². The number of esters is 1. The lowest BCUT2D eigenvalue weighted by molar-refractivity contribution is -0.126. The van der Waals surface area contributed by atoms with E-state index >= 15 is 0 Å². The van der Waals surface area contributed by atoms with Crippen LogP contribution in [0.3, 0.4) is 0 Å². The number of carbonyl (C=O) groups is 2. The van der Waals surface area contributed by atoms with Crippen molar-refractivity contribution in [3.8, 4) is 0 Å². The number of sulfonamides is 1. The average molecular weight is 429 g/mol. The smallest absolute Gasteiger partial charge is 0.338 e. The molecular weight excluding hydrogens is 404 g/mol. The molecule has 8 heteroatoms. The van der Waals surface area contributed by atoms with E-state index in [1.165, 1.54) is 16.4 Å². The van der Waals surface area contributed by atoms with Crippen LogP contribution in [0.1, 0.15) is 35.7 Å². The van der Waals surface area contributed by atoms with Crippen LogP contribution in [0.2, 0.25) is 0 Å². The third kappa shape index (κ3) is 3.92. The number of hydrogen-bond acceptors (Lipinski definition) is 5. The van der Waals surface area contributed by atoms with Crippen LogP contribution < -0.4 is 9.21 Å². The molecule has 0 radical (unpaired) electrons. The second-order valence-electron chi connectivity index (χ2n) is 7.56. The second kappa shape index (κ2) is 8.10. The van der Waals surface area contributed by atoms with Crippen LogP contribution in [0.5, 0.6) is 0 Å². The molecule has 4 rings (SSSR count). The van der Waals surface area contributed by atoms with Gasteiger partial charge in [0.25, 0.3) is 5.91 Å². The molecule has 0 aliphatic carbocycles. The zero-order valence-electron chi connectivity index (χ0n) is 16.8. The number of anilines is 2. The van der Waals surface area contributed by atoms with E-state index in [9.17, 15) is 18.0 Å². The second-order valence-corrected chi connectivity index (χ2v) is 9.57. The summed E-state index contributed by atoms with van der Waals surface area (Å²) in [5.41, 5.74) is 2.78. The third-order valence-electron chi connectivity index (χ3n) is 5.50.